The SMILES string of the molecule is O=C(C1CCc2sc(-c3ccc(OCCCO)cc3)nc21)N1CCCCC1. The molecule has 1 saturated heterocycles. The third-order valence-electron chi connectivity index (χ3n) is 5.36. The first-order chi connectivity index (χ1) is 13.3. The van der Waals surface area contributed by atoms with Gasteiger partial charge in [0.2, 0.25) is 5.91 Å². The van der Waals surface area contributed by atoms with Crippen LogP contribution in [0.25, 0.3) is 10.6 Å². The van der Waals surface area contributed by atoms with Gasteiger partial charge in [0, 0.05) is 36.6 Å². The van der Waals surface area contributed by atoms with E-state index in [0.29, 0.717) is 13.0 Å². The molecule has 2 heterocycles. The molecule has 1 aromatic heterocycles. The maximum atomic E-state index is 12.9. The average molecular weight is 387 g/mol. The standard InChI is InChI=1S/C21H26N2O3S/c24-13-4-14-26-16-7-5-15(6-8-16)20-22-19-17(9-10-18(19)27-20)21(25)23-11-2-1-3-12-23/h5-8,17,24H,1-4,9-14H2. The zero-order chi connectivity index (χ0) is 18.6. The lowest BCUT2D eigenvalue weighted by Gasteiger charge is -2.29. The van der Waals surface area contributed by atoms with Crippen LogP contribution in [-0.2, 0) is 11.2 Å². The third-order valence-corrected chi connectivity index (χ3v) is 6.54. The van der Waals surface area contributed by atoms with E-state index >= 15 is 0 Å². The van der Waals surface area contributed by atoms with Gasteiger partial charge in [0.15, 0.2) is 0 Å². The molecule has 0 saturated carbocycles. The number of amides is 1. The highest BCUT2D eigenvalue weighted by Gasteiger charge is 2.35. The van der Waals surface area contributed by atoms with Crippen LogP contribution in [0.4, 0.5) is 0 Å². The molecule has 1 N–H and O–H groups in total. The maximum absolute atomic E-state index is 12.9. The van der Waals surface area contributed by atoms with Gasteiger partial charge in [0.25, 0.3) is 0 Å². The molecule has 5 nitrogen and oxygen atoms in total. The summed E-state index contributed by atoms with van der Waals surface area (Å²) >= 11 is 1.71. The van der Waals surface area contributed by atoms with Gasteiger partial charge in [-0.15, -0.1) is 11.3 Å². The van der Waals surface area contributed by atoms with Gasteiger partial charge < -0.3 is 14.7 Å². The van der Waals surface area contributed by atoms with Gasteiger partial charge in [-0.25, -0.2) is 4.98 Å². The number of carbonyl (C=O) groups is 1. The predicted molar refractivity (Wildman–Crippen MR) is 106 cm³/mol. The molecule has 0 spiro atoms. The first-order valence-corrected chi connectivity index (χ1v) is 10.7. The van der Waals surface area contributed by atoms with E-state index in [0.717, 1.165) is 60.8 Å². The van der Waals surface area contributed by atoms with Crippen molar-refractivity contribution >= 4 is 17.2 Å². The predicted octanol–water partition coefficient (Wildman–Crippen LogP) is 3.61. The minimum atomic E-state index is -0.0517. The number of hydrogen-bond acceptors (Lipinski definition) is 5. The number of aryl methyl sites for hydroxylation is 1. The number of benzene rings is 1. The zero-order valence-corrected chi connectivity index (χ0v) is 16.3. The molecule has 1 fully saturated rings. The summed E-state index contributed by atoms with van der Waals surface area (Å²) in [4.78, 5) is 21.1. The maximum Gasteiger partial charge on any atom is 0.231 e. The Bertz CT molecular complexity index is 781. The Morgan fingerprint density at radius 3 is 2.74 bits per heavy atom. The number of hydrogen-bond donors (Lipinski definition) is 1. The van der Waals surface area contributed by atoms with Crippen LogP contribution in [0.1, 0.15) is 48.6 Å². The van der Waals surface area contributed by atoms with Crippen LogP contribution in [0, 0.1) is 0 Å². The van der Waals surface area contributed by atoms with E-state index < -0.39 is 0 Å². The fourth-order valence-electron chi connectivity index (χ4n) is 3.87. The number of aromatic nitrogens is 1. The van der Waals surface area contributed by atoms with Gasteiger partial charge in [-0.2, -0.15) is 0 Å². The average Bonchev–Trinajstić information content (AvgIpc) is 3.30. The van der Waals surface area contributed by atoms with Crippen molar-refractivity contribution in [3.8, 4) is 16.3 Å². The Hall–Kier alpha value is -1.92. The van der Waals surface area contributed by atoms with E-state index in [-0.39, 0.29) is 18.4 Å². The second-order valence-corrected chi connectivity index (χ2v) is 8.34. The highest BCUT2D eigenvalue weighted by atomic mass is 32.1. The van der Waals surface area contributed by atoms with Crippen LogP contribution in [0.2, 0.25) is 0 Å². The molecule has 1 unspecified atom stereocenters. The van der Waals surface area contributed by atoms with E-state index in [1.165, 1.54) is 11.3 Å². The van der Waals surface area contributed by atoms with Crippen LogP contribution in [0.15, 0.2) is 24.3 Å². The zero-order valence-electron chi connectivity index (χ0n) is 15.5. The molecule has 2 aromatic rings. The Morgan fingerprint density at radius 1 is 1.22 bits per heavy atom. The number of thiazole rings is 1. The van der Waals surface area contributed by atoms with Crippen LogP contribution in [-0.4, -0.2) is 47.2 Å². The van der Waals surface area contributed by atoms with Gasteiger partial charge in [-0.3, -0.25) is 4.79 Å². The van der Waals surface area contributed by atoms with Crippen molar-refractivity contribution in [3.63, 3.8) is 0 Å². The topological polar surface area (TPSA) is 62.7 Å². The Labute approximate surface area is 164 Å². The number of carbonyl (C=O) groups excluding carboxylic acids is 1. The minimum Gasteiger partial charge on any atom is -0.494 e. The van der Waals surface area contributed by atoms with Gasteiger partial charge >= 0.3 is 0 Å². The molecule has 1 amide bonds. The number of fused-ring (bicyclic) bond motifs is 1. The summed E-state index contributed by atoms with van der Waals surface area (Å²) in [7, 11) is 0. The van der Waals surface area contributed by atoms with E-state index in [4.69, 9.17) is 14.8 Å². The van der Waals surface area contributed by atoms with Crippen molar-refractivity contribution in [2.75, 3.05) is 26.3 Å². The van der Waals surface area contributed by atoms with Crippen molar-refractivity contribution in [2.24, 2.45) is 0 Å². The summed E-state index contributed by atoms with van der Waals surface area (Å²) in [5.74, 6) is 1.02. The summed E-state index contributed by atoms with van der Waals surface area (Å²) in [5, 5.41) is 9.81. The first-order valence-electron chi connectivity index (χ1n) is 9.89. The van der Waals surface area contributed by atoms with Crippen LogP contribution in [0.5, 0.6) is 5.75 Å². The van der Waals surface area contributed by atoms with Crippen molar-refractivity contribution in [3.05, 3.63) is 34.8 Å². The van der Waals surface area contributed by atoms with E-state index in [2.05, 4.69) is 0 Å². The number of rotatable bonds is 6. The second-order valence-electron chi connectivity index (χ2n) is 7.25. The molecular formula is C21H26N2O3S. The Morgan fingerprint density at radius 2 is 2.00 bits per heavy atom. The smallest absolute Gasteiger partial charge is 0.231 e. The van der Waals surface area contributed by atoms with E-state index in [9.17, 15) is 4.79 Å². The van der Waals surface area contributed by atoms with Crippen molar-refractivity contribution in [2.45, 2.75) is 44.4 Å². The number of piperidine rings is 1. The Balaban J connectivity index is 1.47. The summed E-state index contributed by atoms with van der Waals surface area (Å²) in [5.41, 5.74) is 2.07. The van der Waals surface area contributed by atoms with Crippen LogP contribution >= 0.6 is 11.3 Å². The van der Waals surface area contributed by atoms with Crippen LogP contribution in [0.3, 0.4) is 0 Å². The minimum absolute atomic E-state index is 0.0517. The first kappa shape index (κ1) is 18.4. The summed E-state index contributed by atoms with van der Waals surface area (Å²) < 4.78 is 5.59. The lowest BCUT2D eigenvalue weighted by molar-refractivity contribution is -0.133. The fraction of sp³-hybridized carbons (Fsp3) is 0.524. The molecule has 1 aromatic carbocycles. The molecule has 1 aliphatic carbocycles. The molecular weight excluding hydrogens is 360 g/mol. The largest absolute Gasteiger partial charge is 0.494 e. The monoisotopic (exact) mass is 386 g/mol. The molecule has 1 atom stereocenters. The number of nitrogens with zero attached hydrogens (tertiary/aromatic N) is 2. The van der Waals surface area contributed by atoms with Gasteiger partial charge in [-0.1, -0.05) is 0 Å². The van der Waals surface area contributed by atoms with E-state index in [1.54, 1.807) is 11.3 Å². The van der Waals surface area contributed by atoms with Crippen molar-refractivity contribution in [1.29, 1.82) is 0 Å². The molecule has 27 heavy (non-hydrogen) atoms. The normalized spacial score (nSPS) is 19.1. The number of aliphatic hydroxyl groups is 1. The quantitative estimate of drug-likeness (QED) is 0.771. The van der Waals surface area contributed by atoms with Gasteiger partial charge in [0.05, 0.1) is 18.2 Å². The molecule has 4 rings (SSSR count). The highest BCUT2D eigenvalue weighted by Crippen LogP contribution is 2.41. The summed E-state index contributed by atoms with van der Waals surface area (Å²) in [6.45, 7) is 2.46. The van der Waals surface area contributed by atoms with Crippen molar-refractivity contribution in [1.82, 2.24) is 9.88 Å². The highest BCUT2D eigenvalue weighted by molar-refractivity contribution is 7.15. The number of likely N-dealkylation sites (tertiary alicyclic amines) is 1. The van der Waals surface area contributed by atoms with Gasteiger partial charge in [0.1, 0.15) is 10.8 Å². The third kappa shape index (κ3) is 4.01. The Kier molecular flexibility index (Phi) is 5.74. The summed E-state index contributed by atoms with van der Waals surface area (Å²) in [6, 6.07) is 7.92. The lowest BCUT2D eigenvalue weighted by atomic mass is 10.0. The molecule has 0 bridgehead atoms. The molecule has 6 heteroatoms. The van der Waals surface area contributed by atoms with Crippen molar-refractivity contribution < 1.29 is 14.6 Å². The van der Waals surface area contributed by atoms with Crippen LogP contribution < -0.4 is 4.74 Å². The van der Waals surface area contributed by atoms with E-state index in [1.807, 2.05) is 29.2 Å². The molecule has 0 radical (unpaired) electrons. The van der Waals surface area contributed by atoms with Gasteiger partial charge in [-0.05, 0) is 56.4 Å². The summed E-state index contributed by atoms with van der Waals surface area (Å²) in [6.07, 6.45) is 5.98. The second kappa shape index (κ2) is 8.40. The lowest BCUT2D eigenvalue weighted by Crippen LogP contribution is -2.38. The number of aliphatic hydroxyl groups excluding tert-OH is 1. The molecule has 2 aliphatic rings. The molecule has 144 valence electrons. The molecule has 1 aliphatic heterocycles. The fourth-order valence-corrected chi connectivity index (χ4v) is 5.02. The number of ether oxygens (including phenoxy) is 1.